The van der Waals surface area contributed by atoms with Crippen LogP contribution in [0.25, 0.3) is 0 Å². The number of hydrogen-bond donors (Lipinski definition) is 1. The lowest BCUT2D eigenvalue weighted by Gasteiger charge is -2.31. The summed E-state index contributed by atoms with van der Waals surface area (Å²) in [7, 11) is -1.10. The second-order valence-electron chi connectivity index (χ2n) is 5.37. The van der Waals surface area contributed by atoms with Crippen LogP contribution in [0.3, 0.4) is 0 Å². The maximum atomic E-state index is 11.8. The van der Waals surface area contributed by atoms with Gasteiger partial charge >= 0.3 is 0 Å². The molecule has 2 rings (SSSR count). The number of nitrogens with zero attached hydrogens (tertiary/aromatic N) is 3. The van der Waals surface area contributed by atoms with Crippen LogP contribution in [0.2, 0.25) is 0 Å². The Labute approximate surface area is 121 Å². The minimum atomic E-state index is -3.02. The largest absolute Gasteiger partial charge is 0.310 e. The fourth-order valence-electron chi connectivity index (χ4n) is 2.60. The molecule has 0 radical (unpaired) electrons. The van der Waals surface area contributed by atoms with Crippen molar-refractivity contribution in [1.82, 2.24) is 19.4 Å². The Hall–Kier alpha value is -0.920. The zero-order chi connectivity index (χ0) is 14.8. The van der Waals surface area contributed by atoms with Crippen molar-refractivity contribution in [3.8, 4) is 0 Å². The molecule has 0 aromatic carbocycles. The molecule has 6 nitrogen and oxygen atoms in total. The predicted octanol–water partition coefficient (Wildman–Crippen LogP) is 0.632. The molecule has 0 aliphatic carbocycles. The maximum absolute atomic E-state index is 11.8. The van der Waals surface area contributed by atoms with E-state index in [2.05, 4.69) is 10.4 Å². The quantitative estimate of drug-likeness (QED) is 0.866. The highest BCUT2D eigenvalue weighted by Crippen LogP contribution is 2.15. The van der Waals surface area contributed by atoms with Gasteiger partial charge in [0.25, 0.3) is 0 Å². The molecule has 1 aromatic heterocycles. The van der Waals surface area contributed by atoms with Crippen LogP contribution in [0.5, 0.6) is 0 Å². The van der Waals surface area contributed by atoms with E-state index in [0.717, 1.165) is 25.1 Å². The van der Waals surface area contributed by atoms with Crippen LogP contribution < -0.4 is 5.32 Å². The minimum absolute atomic E-state index is 0.194. The van der Waals surface area contributed by atoms with Crippen LogP contribution >= 0.6 is 0 Å². The van der Waals surface area contributed by atoms with E-state index in [-0.39, 0.29) is 5.75 Å². The highest BCUT2D eigenvalue weighted by atomic mass is 32.2. The summed E-state index contributed by atoms with van der Waals surface area (Å²) >= 11 is 0. The summed E-state index contributed by atoms with van der Waals surface area (Å²) in [6.07, 6.45) is 3.77. The van der Waals surface area contributed by atoms with Crippen LogP contribution in [0.4, 0.5) is 0 Å². The molecule has 2 heterocycles. The highest BCUT2D eigenvalue weighted by molar-refractivity contribution is 7.89. The smallest absolute Gasteiger partial charge is 0.213 e. The van der Waals surface area contributed by atoms with Crippen LogP contribution in [-0.2, 0) is 23.6 Å². The van der Waals surface area contributed by atoms with Crippen molar-refractivity contribution in [3.63, 3.8) is 0 Å². The number of sulfonamides is 1. The van der Waals surface area contributed by atoms with Gasteiger partial charge in [0, 0.05) is 44.5 Å². The number of aryl methyl sites for hydroxylation is 2. The van der Waals surface area contributed by atoms with Crippen molar-refractivity contribution in [2.75, 3.05) is 18.8 Å². The molecule has 1 aliphatic rings. The van der Waals surface area contributed by atoms with Crippen molar-refractivity contribution in [1.29, 1.82) is 0 Å². The molecule has 7 heteroatoms. The third-order valence-corrected chi connectivity index (χ3v) is 5.79. The number of rotatable bonds is 5. The summed E-state index contributed by atoms with van der Waals surface area (Å²) in [6.45, 7) is 5.75. The fraction of sp³-hybridized carbons (Fsp3) is 0.769. The molecule has 1 saturated heterocycles. The topological polar surface area (TPSA) is 67.2 Å². The molecular formula is C13H24N4O2S. The van der Waals surface area contributed by atoms with Gasteiger partial charge in [-0.15, -0.1) is 0 Å². The average Bonchev–Trinajstić information content (AvgIpc) is 2.75. The number of hydrogen-bond acceptors (Lipinski definition) is 4. The molecule has 0 atom stereocenters. The van der Waals surface area contributed by atoms with Crippen molar-refractivity contribution in [2.24, 2.45) is 7.05 Å². The number of nitrogens with one attached hydrogen (secondary N) is 1. The molecule has 1 N–H and O–H groups in total. The molecule has 114 valence electrons. The van der Waals surface area contributed by atoms with Crippen LogP contribution in [0, 0.1) is 6.92 Å². The van der Waals surface area contributed by atoms with Crippen molar-refractivity contribution >= 4 is 10.0 Å². The first-order valence-electron chi connectivity index (χ1n) is 7.12. The van der Waals surface area contributed by atoms with Gasteiger partial charge in [-0.1, -0.05) is 0 Å². The summed E-state index contributed by atoms with van der Waals surface area (Å²) in [5.41, 5.74) is 2.25. The van der Waals surface area contributed by atoms with Gasteiger partial charge in [-0.05, 0) is 26.7 Å². The Bertz CT molecular complexity index is 545. The van der Waals surface area contributed by atoms with E-state index >= 15 is 0 Å². The third-order valence-electron chi connectivity index (χ3n) is 3.91. The fourth-order valence-corrected chi connectivity index (χ4v) is 3.73. The Morgan fingerprint density at radius 2 is 2.05 bits per heavy atom. The van der Waals surface area contributed by atoms with Gasteiger partial charge in [0.2, 0.25) is 10.0 Å². The zero-order valence-corrected chi connectivity index (χ0v) is 13.3. The van der Waals surface area contributed by atoms with E-state index in [0.29, 0.717) is 19.1 Å². The van der Waals surface area contributed by atoms with Crippen molar-refractivity contribution in [3.05, 3.63) is 17.5 Å². The van der Waals surface area contributed by atoms with E-state index in [9.17, 15) is 8.42 Å². The Balaban J connectivity index is 1.82. The first-order chi connectivity index (χ1) is 9.42. The highest BCUT2D eigenvalue weighted by Gasteiger charge is 2.26. The van der Waals surface area contributed by atoms with E-state index in [1.54, 1.807) is 11.2 Å². The summed E-state index contributed by atoms with van der Waals surface area (Å²) in [4.78, 5) is 0. The SMILES string of the molecule is CCS(=O)(=O)N1CCC(NCc2cn(C)nc2C)CC1. The molecule has 1 fully saturated rings. The summed E-state index contributed by atoms with van der Waals surface area (Å²) in [6, 6.07) is 0.387. The Kier molecular flexibility index (Phi) is 4.82. The van der Waals surface area contributed by atoms with E-state index in [1.807, 2.05) is 24.9 Å². The minimum Gasteiger partial charge on any atom is -0.310 e. The molecule has 0 amide bonds. The lowest BCUT2D eigenvalue weighted by molar-refractivity contribution is 0.289. The van der Waals surface area contributed by atoms with Gasteiger partial charge in [0.05, 0.1) is 11.4 Å². The van der Waals surface area contributed by atoms with Crippen LogP contribution in [0.15, 0.2) is 6.20 Å². The maximum Gasteiger partial charge on any atom is 0.213 e. The second kappa shape index (κ2) is 6.24. The normalized spacial score (nSPS) is 18.6. The first kappa shape index (κ1) is 15.5. The van der Waals surface area contributed by atoms with Crippen LogP contribution in [-0.4, -0.2) is 47.4 Å². The summed E-state index contributed by atoms with van der Waals surface area (Å²) in [5, 5.41) is 7.83. The Morgan fingerprint density at radius 1 is 1.40 bits per heavy atom. The van der Waals surface area contributed by atoms with Gasteiger partial charge in [-0.3, -0.25) is 4.68 Å². The standard InChI is InChI=1S/C13H24N4O2S/c1-4-20(18,19)17-7-5-13(6-8-17)14-9-12-10-16(3)15-11(12)2/h10,13-14H,4-9H2,1-3H3. The molecule has 0 saturated carbocycles. The molecule has 1 aliphatic heterocycles. The van der Waals surface area contributed by atoms with Gasteiger partial charge < -0.3 is 5.32 Å². The molecule has 0 spiro atoms. The van der Waals surface area contributed by atoms with E-state index in [1.165, 1.54) is 5.56 Å². The van der Waals surface area contributed by atoms with Crippen molar-refractivity contribution < 1.29 is 8.42 Å². The molecule has 0 unspecified atom stereocenters. The van der Waals surface area contributed by atoms with E-state index in [4.69, 9.17) is 0 Å². The van der Waals surface area contributed by atoms with E-state index < -0.39 is 10.0 Å². The monoisotopic (exact) mass is 300 g/mol. The second-order valence-corrected chi connectivity index (χ2v) is 7.63. The van der Waals surface area contributed by atoms with Crippen LogP contribution in [0.1, 0.15) is 31.0 Å². The van der Waals surface area contributed by atoms with Gasteiger partial charge in [0.1, 0.15) is 0 Å². The zero-order valence-electron chi connectivity index (χ0n) is 12.5. The summed E-state index contributed by atoms with van der Waals surface area (Å²) < 4.78 is 27.0. The lowest BCUT2D eigenvalue weighted by Crippen LogP contribution is -2.45. The van der Waals surface area contributed by atoms with Gasteiger partial charge in [-0.2, -0.15) is 5.10 Å². The average molecular weight is 300 g/mol. The molecule has 20 heavy (non-hydrogen) atoms. The predicted molar refractivity (Wildman–Crippen MR) is 78.8 cm³/mol. The van der Waals surface area contributed by atoms with Gasteiger partial charge in [0.15, 0.2) is 0 Å². The van der Waals surface area contributed by atoms with Gasteiger partial charge in [-0.25, -0.2) is 12.7 Å². The summed E-state index contributed by atoms with van der Waals surface area (Å²) in [5.74, 6) is 0.194. The van der Waals surface area contributed by atoms with Crippen molar-refractivity contribution in [2.45, 2.75) is 39.3 Å². The first-order valence-corrected chi connectivity index (χ1v) is 8.73. The number of piperidine rings is 1. The molecular weight excluding hydrogens is 276 g/mol. The number of aromatic nitrogens is 2. The third kappa shape index (κ3) is 3.59. The Morgan fingerprint density at radius 3 is 2.55 bits per heavy atom. The molecule has 0 bridgehead atoms. The lowest BCUT2D eigenvalue weighted by atomic mass is 10.1. The molecule has 1 aromatic rings.